The van der Waals surface area contributed by atoms with Crippen molar-refractivity contribution in [1.82, 2.24) is 0 Å². The first kappa shape index (κ1) is 37.1. The molecule has 41 heavy (non-hydrogen) atoms. The first-order chi connectivity index (χ1) is 19.1. The largest absolute Gasteiger partial charge is 0.380 e. The van der Waals surface area contributed by atoms with E-state index in [2.05, 4.69) is 0 Å². The Morgan fingerprint density at radius 3 is 1.29 bits per heavy atom. The van der Waals surface area contributed by atoms with Crippen LogP contribution in [0.4, 0.5) is 0 Å². The molecule has 0 aromatic carbocycles. The molecular formula is C19H34B3O13P3S3. The van der Waals surface area contributed by atoms with Crippen molar-refractivity contribution in [1.29, 1.82) is 0 Å². The van der Waals surface area contributed by atoms with Gasteiger partial charge in [0.05, 0.1) is 44.7 Å². The molecule has 3 heterocycles. The first-order valence-electron chi connectivity index (χ1n) is 12.9. The van der Waals surface area contributed by atoms with Gasteiger partial charge in [-0.2, -0.15) is 0 Å². The average Bonchev–Trinajstić information content (AvgIpc) is 3.49. The van der Waals surface area contributed by atoms with Gasteiger partial charge in [0.1, 0.15) is 41.9 Å². The van der Waals surface area contributed by atoms with Gasteiger partial charge in [0, 0.05) is 24.6 Å². The second kappa shape index (κ2) is 16.4. The van der Waals surface area contributed by atoms with Crippen molar-refractivity contribution >= 4 is 79.1 Å². The molecule has 0 saturated carbocycles. The van der Waals surface area contributed by atoms with Crippen LogP contribution in [-0.2, 0) is 81.5 Å². The topological polar surface area (TPSA) is 153 Å². The van der Waals surface area contributed by atoms with Gasteiger partial charge in [-0.05, 0) is 68.5 Å². The van der Waals surface area contributed by atoms with E-state index in [4.69, 9.17) is 105 Å². The zero-order valence-electron chi connectivity index (χ0n) is 22.6. The maximum absolute atomic E-state index is 10.8. The predicted molar refractivity (Wildman–Crippen MR) is 161 cm³/mol. The number of hydrogen-bond donors (Lipinski definition) is 3. The average molecular weight is 692 g/mol. The van der Waals surface area contributed by atoms with Crippen molar-refractivity contribution in [3.63, 3.8) is 0 Å². The lowest BCUT2D eigenvalue weighted by Gasteiger charge is -2.28. The van der Waals surface area contributed by atoms with E-state index in [-0.39, 0.29) is 39.3 Å². The maximum Gasteiger partial charge on any atom is 0.324 e. The van der Waals surface area contributed by atoms with E-state index >= 15 is 0 Å². The van der Waals surface area contributed by atoms with E-state index in [1.165, 1.54) is 0 Å². The van der Waals surface area contributed by atoms with Crippen LogP contribution in [0.25, 0.3) is 0 Å². The van der Waals surface area contributed by atoms with Crippen molar-refractivity contribution in [2.24, 2.45) is 0 Å². The van der Waals surface area contributed by atoms with Crippen molar-refractivity contribution in [2.75, 3.05) is 33.0 Å². The molecule has 6 radical (unpaired) electrons. The minimum Gasteiger partial charge on any atom is -0.380 e. The Bertz CT molecular complexity index is 993. The fourth-order valence-electron chi connectivity index (χ4n) is 4.35. The van der Waals surface area contributed by atoms with Crippen LogP contribution in [0.15, 0.2) is 0 Å². The second-order valence-corrected chi connectivity index (χ2v) is 17.7. The summed E-state index contributed by atoms with van der Waals surface area (Å²) in [6.45, 7) is -7.38. The first-order valence-corrected chi connectivity index (χ1v) is 20.7. The highest BCUT2D eigenvalue weighted by atomic mass is 32.5. The van der Waals surface area contributed by atoms with Gasteiger partial charge in [-0.25, -0.2) is 0 Å². The molecule has 0 aromatic rings. The Hall–Kier alpha value is 1.62. The molecule has 0 spiro atoms. The lowest BCUT2D eigenvalue weighted by atomic mass is 9.96. The Labute approximate surface area is 259 Å². The van der Waals surface area contributed by atoms with E-state index in [9.17, 15) is 14.7 Å². The number of ether oxygens (including phenoxy) is 4. The van der Waals surface area contributed by atoms with Gasteiger partial charge < -0.3 is 60.8 Å². The Morgan fingerprint density at radius 2 is 0.951 bits per heavy atom. The molecule has 3 aliphatic rings. The van der Waals surface area contributed by atoms with E-state index in [0.717, 1.165) is 0 Å². The van der Waals surface area contributed by atoms with Gasteiger partial charge in [0.15, 0.2) is 0 Å². The van der Waals surface area contributed by atoms with Crippen LogP contribution < -0.4 is 0 Å². The smallest absolute Gasteiger partial charge is 0.324 e. The number of rotatable bonds is 17. The molecule has 0 bridgehead atoms. The maximum atomic E-state index is 10.8. The SMILES string of the molecule is [B]C1CC(OP(O)(=S)OCC2OC([B])CC2OP(O)(=S)OCC2OC([B])CC2OP(O)(=S)OCC)C(COCC)O1. The molecule has 3 rings (SSSR count). The zero-order chi connectivity index (χ0) is 30.4. The van der Waals surface area contributed by atoms with E-state index < -0.39 is 74.8 Å². The van der Waals surface area contributed by atoms with Crippen LogP contribution in [0.3, 0.4) is 0 Å². The van der Waals surface area contributed by atoms with Gasteiger partial charge in [0.2, 0.25) is 0 Å². The lowest BCUT2D eigenvalue weighted by Crippen LogP contribution is -2.31. The predicted octanol–water partition coefficient (Wildman–Crippen LogP) is 0.749. The fraction of sp³-hybridized carbons (Fsp3) is 1.00. The summed E-state index contributed by atoms with van der Waals surface area (Å²) >= 11 is 15.3. The Balaban J connectivity index is 1.52. The molecule has 12 unspecified atom stereocenters. The quantitative estimate of drug-likeness (QED) is 0.145. The van der Waals surface area contributed by atoms with Gasteiger partial charge in [-0.15, -0.1) is 0 Å². The van der Waals surface area contributed by atoms with Gasteiger partial charge >= 0.3 is 20.2 Å². The summed E-state index contributed by atoms with van der Waals surface area (Å²) in [4.78, 5) is 31.6. The molecule has 3 aliphatic heterocycles. The monoisotopic (exact) mass is 692 g/mol. The summed E-state index contributed by atoms with van der Waals surface area (Å²) in [5.41, 5.74) is 0. The molecular weight excluding hydrogens is 658 g/mol. The molecule has 0 aliphatic carbocycles. The molecule has 13 nitrogen and oxygen atoms in total. The lowest BCUT2D eigenvalue weighted by molar-refractivity contribution is -0.0315. The highest BCUT2D eigenvalue weighted by Crippen LogP contribution is 2.52. The molecule has 0 amide bonds. The molecule has 12 atom stereocenters. The highest BCUT2D eigenvalue weighted by Gasteiger charge is 2.42. The van der Waals surface area contributed by atoms with E-state index in [1.54, 1.807) is 6.92 Å². The summed E-state index contributed by atoms with van der Waals surface area (Å²) in [5, 5.41) is 0. The minimum absolute atomic E-state index is 0.144. The van der Waals surface area contributed by atoms with Gasteiger partial charge in [-0.1, -0.05) is 0 Å². The molecule has 3 N–H and O–H groups in total. The normalized spacial score (nSPS) is 38.4. The summed E-state index contributed by atoms with van der Waals surface area (Å²) < 4.78 is 55.1. The molecule has 3 saturated heterocycles. The van der Waals surface area contributed by atoms with E-state index in [1.807, 2.05) is 6.92 Å². The molecule has 230 valence electrons. The molecule has 0 aromatic heterocycles. The highest BCUT2D eigenvalue weighted by molar-refractivity contribution is 8.07. The van der Waals surface area contributed by atoms with Crippen LogP contribution in [0, 0.1) is 0 Å². The van der Waals surface area contributed by atoms with Gasteiger partial charge in [-0.3, -0.25) is 0 Å². The summed E-state index contributed by atoms with van der Waals surface area (Å²) in [6.07, 6.45) is -3.78. The third kappa shape index (κ3) is 12.4. The minimum atomic E-state index is -3.88. The van der Waals surface area contributed by atoms with Crippen molar-refractivity contribution in [2.45, 2.75) is 87.7 Å². The molecule has 3 fully saturated rings. The zero-order valence-corrected chi connectivity index (χ0v) is 27.7. The Kier molecular flexibility index (Phi) is 14.9. The third-order valence-corrected chi connectivity index (χ3v) is 10.9. The van der Waals surface area contributed by atoms with Crippen LogP contribution >= 0.6 is 20.2 Å². The van der Waals surface area contributed by atoms with Crippen molar-refractivity contribution < 1.29 is 60.8 Å². The van der Waals surface area contributed by atoms with Crippen LogP contribution in [0.5, 0.6) is 0 Å². The summed E-state index contributed by atoms with van der Waals surface area (Å²) in [7, 11) is 17.6. The van der Waals surface area contributed by atoms with Crippen molar-refractivity contribution in [3.05, 3.63) is 0 Å². The second-order valence-electron chi connectivity index (χ2n) is 9.35. The van der Waals surface area contributed by atoms with E-state index in [0.29, 0.717) is 13.0 Å². The summed E-state index contributed by atoms with van der Waals surface area (Å²) in [6, 6.07) is -2.07. The fourth-order valence-corrected chi connectivity index (χ4v) is 8.90. The molecule has 22 heteroatoms. The van der Waals surface area contributed by atoms with Crippen LogP contribution in [-0.4, -0.2) is 126 Å². The van der Waals surface area contributed by atoms with Crippen LogP contribution in [0.1, 0.15) is 33.1 Å². The van der Waals surface area contributed by atoms with Gasteiger partial charge in [0.25, 0.3) is 0 Å². The Morgan fingerprint density at radius 1 is 0.610 bits per heavy atom. The summed E-state index contributed by atoms with van der Waals surface area (Å²) in [5.74, 6) is 0. The third-order valence-electron chi connectivity index (χ3n) is 6.07. The standard InChI is InChI=1S/C19H34B3O13P3S3/c1-3-26-8-14-11(5-17(20)30-14)34-37(24,40)28-10-16-13(7-19(22)32-16)35-38(25,41)29-9-15-12(6-18(21)31-15)33-36(23,39)27-4-2/h11-19H,3-10H2,1-2H3,(H,23,39)(H,24,40)(H,25,41). The van der Waals surface area contributed by atoms with Crippen molar-refractivity contribution in [3.8, 4) is 0 Å². The number of hydrogen-bond acceptors (Lipinski definition) is 13. The van der Waals surface area contributed by atoms with Crippen LogP contribution in [0.2, 0.25) is 0 Å².